The Morgan fingerprint density at radius 3 is 2.20 bits per heavy atom. The van der Waals surface area contributed by atoms with Gasteiger partial charge in [0.25, 0.3) is 0 Å². The second-order valence-electron chi connectivity index (χ2n) is 11.3. The Bertz CT molecular complexity index is 607. The highest BCUT2D eigenvalue weighted by Crippen LogP contribution is 2.73. The summed E-state index contributed by atoms with van der Waals surface area (Å²) in [4.78, 5) is 12.3. The first-order chi connectivity index (χ1) is 11.7. The van der Waals surface area contributed by atoms with Crippen molar-refractivity contribution in [1.29, 1.82) is 0 Å². The van der Waals surface area contributed by atoms with Crippen LogP contribution in [0.3, 0.4) is 0 Å². The van der Waals surface area contributed by atoms with Crippen LogP contribution in [0.1, 0.15) is 85.5 Å². The maximum atomic E-state index is 12.3. The van der Waals surface area contributed by atoms with Gasteiger partial charge in [-0.15, -0.1) is 0 Å². The van der Waals surface area contributed by atoms with Gasteiger partial charge in [0, 0.05) is 5.92 Å². The van der Waals surface area contributed by atoms with E-state index in [1.165, 1.54) is 51.4 Å². The molecule has 4 aliphatic carbocycles. The third-order valence-corrected chi connectivity index (χ3v) is 10.4. The van der Waals surface area contributed by atoms with Gasteiger partial charge in [-0.25, -0.2) is 0 Å². The lowest BCUT2D eigenvalue weighted by atomic mass is 9.39. The Morgan fingerprint density at radius 2 is 1.52 bits per heavy atom. The highest BCUT2D eigenvalue weighted by molar-refractivity contribution is 5.79. The molecule has 2 nitrogen and oxygen atoms in total. The standard InChI is InChI=1S/C23H36O2/c1-15(24)17-5-6-18-21(17,3)10-8-19-20(2)11-12-23(14-25-23)13-16(20)7-9-22(18,19)4/h16-19H,5-14H2,1-4H3/t16?,17-,18-,19?,20+,21-,22+,23-/m1/s1. The Morgan fingerprint density at radius 1 is 0.840 bits per heavy atom. The van der Waals surface area contributed by atoms with E-state index in [1.54, 1.807) is 0 Å². The second kappa shape index (κ2) is 4.91. The number of fused-ring (bicyclic) bond motifs is 5. The molecule has 5 aliphatic rings. The summed E-state index contributed by atoms with van der Waals surface area (Å²) in [6.45, 7) is 10.6. The zero-order valence-corrected chi connectivity index (χ0v) is 16.7. The minimum Gasteiger partial charge on any atom is -0.370 e. The summed E-state index contributed by atoms with van der Waals surface area (Å²) in [7, 11) is 0. The maximum absolute atomic E-state index is 12.3. The van der Waals surface area contributed by atoms with Crippen molar-refractivity contribution in [3.8, 4) is 0 Å². The quantitative estimate of drug-likeness (QED) is 0.597. The largest absolute Gasteiger partial charge is 0.370 e. The minimum atomic E-state index is 0.274. The summed E-state index contributed by atoms with van der Waals surface area (Å²) < 4.78 is 5.88. The number of hydrogen-bond acceptors (Lipinski definition) is 2. The number of carbonyl (C=O) groups is 1. The lowest BCUT2D eigenvalue weighted by molar-refractivity contribution is -0.172. The number of Topliss-reactive ketones (excluding diaryl/α,β-unsaturated/α-hetero) is 1. The molecular formula is C23H36O2. The molecule has 2 heteroatoms. The molecular weight excluding hydrogens is 308 g/mol. The predicted molar refractivity (Wildman–Crippen MR) is 99.2 cm³/mol. The van der Waals surface area contributed by atoms with Crippen LogP contribution in [-0.2, 0) is 9.53 Å². The lowest BCUT2D eigenvalue weighted by Gasteiger charge is -2.66. The van der Waals surface area contributed by atoms with E-state index >= 15 is 0 Å². The Hall–Kier alpha value is -0.370. The van der Waals surface area contributed by atoms with E-state index in [-0.39, 0.29) is 5.41 Å². The Labute approximate surface area is 153 Å². The third-order valence-electron chi connectivity index (χ3n) is 10.4. The van der Waals surface area contributed by atoms with Gasteiger partial charge in [0.2, 0.25) is 0 Å². The molecule has 8 atom stereocenters. The van der Waals surface area contributed by atoms with Gasteiger partial charge in [0.1, 0.15) is 5.78 Å². The number of carbonyl (C=O) groups excluding carboxylic acids is 1. The second-order valence-corrected chi connectivity index (χ2v) is 11.3. The van der Waals surface area contributed by atoms with Gasteiger partial charge in [-0.1, -0.05) is 20.8 Å². The highest BCUT2D eigenvalue weighted by Gasteiger charge is 2.67. The van der Waals surface area contributed by atoms with E-state index < -0.39 is 0 Å². The molecule has 0 radical (unpaired) electrons. The molecule has 5 rings (SSSR count). The van der Waals surface area contributed by atoms with Crippen LogP contribution in [0, 0.1) is 39.9 Å². The van der Waals surface area contributed by atoms with Gasteiger partial charge in [-0.05, 0) is 98.7 Å². The van der Waals surface area contributed by atoms with Crippen LogP contribution in [0.25, 0.3) is 0 Å². The van der Waals surface area contributed by atoms with E-state index in [9.17, 15) is 4.79 Å². The average Bonchev–Trinajstić information content (AvgIpc) is 3.20. The van der Waals surface area contributed by atoms with Crippen molar-refractivity contribution >= 4 is 5.78 Å². The average molecular weight is 345 g/mol. The lowest BCUT2D eigenvalue weighted by Crippen LogP contribution is -2.59. The zero-order valence-electron chi connectivity index (χ0n) is 16.7. The van der Waals surface area contributed by atoms with Gasteiger partial charge in [0.05, 0.1) is 12.2 Å². The zero-order chi connectivity index (χ0) is 17.7. The molecule has 1 spiro atoms. The van der Waals surface area contributed by atoms with Crippen molar-refractivity contribution in [3.63, 3.8) is 0 Å². The Balaban J connectivity index is 1.48. The van der Waals surface area contributed by atoms with E-state index in [4.69, 9.17) is 4.74 Å². The van der Waals surface area contributed by atoms with Crippen molar-refractivity contribution in [2.24, 2.45) is 39.9 Å². The summed E-state index contributed by atoms with van der Waals surface area (Å²) in [6.07, 6.45) is 11.9. The van der Waals surface area contributed by atoms with Gasteiger partial charge < -0.3 is 4.74 Å². The molecule has 0 aromatic carbocycles. The normalized spacial score (nSPS) is 59.8. The van der Waals surface area contributed by atoms with E-state index in [0.29, 0.717) is 28.1 Å². The smallest absolute Gasteiger partial charge is 0.133 e. The van der Waals surface area contributed by atoms with Crippen LogP contribution in [0.4, 0.5) is 0 Å². The van der Waals surface area contributed by atoms with Gasteiger partial charge in [-0.3, -0.25) is 4.79 Å². The van der Waals surface area contributed by atoms with Crippen LogP contribution in [-0.4, -0.2) is 18.0 Å². The molecule has 0 aromatic heterocycles. The van der Waals surface area contributed by atoms with Crippen molar-refractivity contribution in [2.45, 2.75) is 91.1 Å². The highest BCUT2D eigenvalue weighted by atomic mass is 16.6. The molecule has 2 unspecified atom stereocenters. The first kappa shape index (κ1) is 16.8. The molecule has 1 aliphatic heterocycles. The summed E-state index contributed by atoms with van der Waals surface area (Å²) in [5, 5.41) is 0. The number of hydrogen-bond donors (Lipinski definition) is 0. The fourth-order valence-corrected chi connectivity index (χ4v) is 9.02. The number of rotatable bonds is 1. The fourth-order valence-electron chi connectivity index (χ4n) is 9.02. The van der Waals surface area contributed by atoms with Gasteiger partial charge in [-0.2, -0.15) is 0 Å². The van der Waals surface area contributed by atoms with Crippen molar-refractivity contribution in [3.05, 3.63) is 0 Å². The molecule has 0 aromatic rings. The van der Waals surface area contributed by atoms with Gasteiger partial charge in [0.15, 0.2) is 0 Å². The fraction of sp³-hybridized carbons (Fsp3) is 0.957. The molecule has 140 valence electrons. The molecule has 0 bridgehead atoms. The summed E-state index contributed by atoms with van der Waals surface area (Å²) in [5.41, 5.74) is 1.54. The molecule has 4 saturated carbocycles. The molecule has 25 heavy (non-hydrogen) atoms. The maximum Gasteiger partial charge on any atom is 0.133 e. The number of epoxide rings is 1. The van der Waals surface area contributed by atoms with E-state index in [1.807, 2.05) is 6.92 Å². The van der Waals surface area contributed by atoms with Crippen LogP contribution in [0.2, 0.25) is 0 Å². The minimum absolute atomic E-state index is 0.274. The van der Waals surface area contributed by atoms with Crippen LogP contribution < -0.4 is 0 Å². The first-order valence-corrected chi connectivity index (χ1v) is 10.9. The summed E-state index contributed by atoms with van der Waals surface area (Å²) in [5.74, 6) is 3.28. The third kappa shape index (κ3) is 2.04. The topological polar surface area (TPSA) is 29.6 Å². The van der Waals surface area contributed by atoms with E-state index in [2.05, 4.69) is 20.8 Å². The Kier molecular flexibility index (Phi) is 3.30. The number of ether oxygens (including phenoxy) is 1. The van der Waals surface area contributed by atoms with Crippen LogP contribution >= 0.6 is 0 Å². The predicted octanol–water partition coefficient (Wildman–Crippen LogP) is 5.39. The monoisotopic (exact) mass is 344 g/mol. The van der Waals surface area contributed by atoms with E-state index in [0.717, 1.165) is 30.8 Å². The SMILES string of the molecule is CC(=O)[C@H]1CC[C@@H]2[C@]1(C)CCC1[C@@]3(C)CC[C@]4(CO4)CC3CC[C@]12C. The summed E-state index contributed by atoms with van der Waals surface area (Å²) in [6, 6.07) is 0. The van der Waals surface area contributed by atoms with Crippen molar-refractivity contribution < 1.29 is 9.53 Å². The van der Waals surface area contributed by atoms with Crippen molar-refractivity contribution in [1.82, 2.24) is 0 Å². The molecule has 0 amide bonds. The van der Waals surface area contributed by atoms with Crippen LogP contribution in [0.15, 0.2) is 0 Å². The molecule has 1 saturated heterocycles. The van der Waals surface area contributed by atoms with Crippen LogP contribution in [0.5, 0.6) is 0 Å². The summed E-state index contributed by atoms with van der Waals surface area (Å²) >= 11 is 0. The first-order valence-electron chi connectivity index (χ1n) is 10.9. The molecule has 0 N–H and O–H groups in total. The molecule has 5 fully saturated rings. The van der Waals surface area contributed by atoms with Gasteiger partial charge >= 0.3 is 0 Å². The molecule has 1 heterocycles. The van der Waals surface area contributed by atoms with Crippen molar-refractivity contribution in [2.75, 3.05) is 6.61 Å². The number of ketones is 1.